The van der Waals surface area contributed by atoms with Gasteiger partial charge in [-0.05, 0) is 142 Å². The Morgan fingerprint density at radius 1 is 0.250 bits per heavy atom. The number of hydrogen-bond donors (Lipinski definition) is 0. The minimum absolute atomic E-state index is 0.446. The normalized spacial score (nSPS) is 12.8. The van der Waals surface area contributed by atoms with Crippen LogP contribution in [0.1, 0.15) is 22.3 Å². The molecule has 0 unspecified atom stereocenters. The van der Waals surface area contributed by atoms with E-state index < -0.39 is 5.41 Å². The summed E-state index contributed by atoms with van der Waals surface area (Å²) >= 11 is 0. The third-order valence-electron chi connectivity index (χ3n) is 13.9. The van der Waals surface area contributed by atoms with Crippen LogP contribution < -0.4 is 4.90 Å². The lowest BCUT2D eigenvalue weighted by Crippen LogP contribution is -2.26. The lowest BCUT2D eigenvalue weighted by molar-refractivity contribution is 0.793. The molecule has 0 heterocycles. The number of fused-ring (bicyclic) bond motifs is 12. The molecule has 64 heavy (non-hydrogen) atoms. The van der Waals surface area contributed by atoms with E-state index in [9.17, 15) is 0 Å². The molecule has 0 amide bonds. The highest BCUT2D eigenvalue weighted by Crippen LogP contribution is 2.63. The van der Waals surface area contributed by atoms with E-state index in [0.717, 1.165) is 17.1 Å². The highest BCUT2D eigenvalue weighted by atomic mass is 15.1. The Morgan fingerprint density at radius 2 is 0.766 bits per heavy atom. The molecule has 13 rings (SSSR count). The van der Waals surface area contributed by atoms with Crippen molar-refractivity contribution in [3.8, 4) is 55.6 Å². The minimum atomic E-state index is -0.446. The minimum Gasteiger partial charge on any atom is -0.310 e. The first kappa shape index (κ1) is 36.4. The molecule has 2 aliphatic carbocycles. The predicted molar refractivity (Wildman–Crippen MR) is 269 cm³/mol. The second kappa shape index (κ2) is 14.4. The fourth-order valence-electron chi connectivity index (χ4n) is 11.1. The molecule has 11 aromatic rings. The van der Waals surface area contributed by atoms with Gasteiger partial charge in [0.25, 0.3) is 0 Å². The van der Waals surface area contributed by atoms with E-state index in [1.165, 1.54) is 99.4 Å². The molecule has 1 nitrogen and oxygen atoms in total. The van der Waals surface area contributed by atoms with Gasteiger partial charge in [0.05, 0.1) is 5.41 Å². The summed E-state index contributed by atoms with van der Waals surface area (Å²) in [5, 5.41) is 4.98. The zero-order chi connectivity index (χ0) is 42.2. The van der Waals surface area contributed by atoms with Gasteiger partial charge < -0.3 is 4.90 Å². The van der Waals surface area contributed by atoms with Gasteiger partial charge in [0.15, 0.2) is 0 Å². The van der Waals surface area contributed by atoms with Crippen LogP contribution in [-0.4, -0.2) is 0 Å². The van der Waals surface area contributed by atoms with Gasteiger partial charge in [-0.3, -0.25) is 0 Å². The lowest BCUT2D eigenvalue weighted by atomic mass is 9.70. The number of rotatable bonds is 6. The van der Waals surface area contributed by atoms with Crippen LogP contribution in [0.25, 0.3) is 77.2 Å². The number of benzene rings is 11. The monoisotopic (exact) mass is 811 g/mol. The van der Waals surface area contributed by atoms with Crippen molar-refractivity contribution < 1.29 is 0 Å². The Labute approximate surface area is 373 Å². The molecule has 1 heteroatoms. The predicted octanol–water partition coefficient (Wildman–Crippen LogP) is 16.8. The Balaban J connectivity index is 1.03. The van der Waals surface area contributed by atoms with Crippen LogP contribution in [0.15, 0.2) is 249 Å². The standard InChI is InChI=1S/C63H41N/c1-2-17-45(18-3-1)62-52-22-7-6-16-44(52)33-37-53(62)48-20-14-21-50(40-48)64(49-34-31-43(32-35-49)47-30-29-42-15-4-5-19-46(42)39-47)51-36-38-57-56-25-10-13-28-60(56)63(61(57)41-51)58-26-11-8-23-54(58)55-24-9-12-27-59(55)63/h1-41H. The second-order valence-electron chi connectivity index (χ2n) is 17.2. The van der Waals surface area contributed by atoms with E-state index in [2.05, 4.69) is 254 Å². The molecular weight excluding hydrogens is 771 g/mol. The van der Waals surface area contributed by atoms with Gasteiger partial charge in [-0.15, -0.1) is 0 Å². The highest BCUT2D eigenvalue weighted by Gasteiger charge is 2.51. The van der Waals surface area contributed by atoms with E-state index in [1.54, 1.807) is 0 Å². The third kappa shape index (κ3) is 5.44. The molecule has 0 aromatic heterocycles. The molecule has 0 bridgehead atoms. The maximum atomic E-state index is 2.49. The van der Waals surface area contributed by atoms with Gasteiger partial charge >= 0.3 is 0 Å². The number of hydrogen-bond acceptors (Lipinski definition) is 1. The van der Waals surface area contributed by atoms with Crippen molar-refractivity contribution in [2.45, 2.75) is 5.41 Å². The number of anilines is 3. The summed E-state index contributed by atoms with van der Waals surface area (Å²) in [5.74, 6) is 0. The fourth-order valence-corrected chi connectivity index (χ4v) is 11.1. The lowest BCUT2D eigenvalue weighted by Gasteiger charge is -2.32. The molecular formula is C63H41N. The first-order chi connectivity index (χ1) is 31.7. The largest absolute Gasteiger partial charge is 0.310 e. The molecule has 0 radical (unpaired) electrons. The fraction of sp³-hybridized carbons (Fsp3) is 0.0159. The molecule has 1 spiro atoms. The average molecular weight is 812 g/mol. The quantitative estimate of drug-likeness (QED) is 0.162. The molecule has 0 N–H and O–H groups in total. The van der Waals surface area contributed by atoms with Gasteiger partial charge in [-0.2, -0.15) is 0 Å². The van der Waals surface area contributed by atoms with E-state index in [0.29, 0.717) is 0 Å². The summed E-state index contributed by atoms with van der Waals surface area (Å²) in [6.45, 7) is 0. The van der Waals surface area contributed by atoms with Crippen molar-refractivity contribution >= 4 is 38.6 Å². The van der Waals surface area contributed by atoms with Gasteiger partial charge in [0.2, 0.25) is 0 Å². The van der Waals surface area contributed by atoms with Crippen LogP contribution >= 0.6 is 0 Å². The van der Waals surface area contributed by atoms with Gasteiger partial charge in [-0.25, -0.2) is 0 Å². The summed E-state index contributed by atoms with van der Waals surface area (Å²) in [4.78, 5) is 2.46. The smallest absolute Gasteiger partial charge is 0.0726 e. The van der Waals surface area contributed by atoms with Gasteiger partial charge in [-0.1, -0.05) is 206 Å². The summed E-state index contributed by atoms with van der Waals surface area (Å²) in [5.41, 5.74) is 20.7. The molecule has 0 saturated carbocycles. The summed E-state index contributed by atoms with van der Waals surface area (Å²) in [6, 6.07) is 92.2. The van der Waals surface area contributed by atoms with Crippen molar-refractivity contribution in [1.82, 2.24) is 0 Å². The van der Waals surface area contributed by atoms with Crippen molar-refractivity contribution in [1.29, 1.82) is 0 Å². The first-order valence-electron chi connectivity index (χ1n) is 22.2. The molecule has 0 aliphatic heterocycles. The summed E-state index contributed by atoms with van der Waals surface area (Å²) in [7, 11) is 0. The SMILES string of the molecule is c1ccc(-c2c(-c3cccc(N(c4ccc(-c5ccc6ccccc6c5)cc4)c4ccc5c(c4)C4(c6ccccc6-c6ccccc64)c4ccccc4-5)c3)ccc3ccccc23)cc1. The maximum Gasteiger partial charge on any atom is 0.0726 e. The van der Waals surface area contributed by atoms with Gasteiger partial charge in [0.1, 0.15) is 0 Å². The Hall–Kier alpha value is -8.26. The van der Waals surface area contributed by atoms with Crippen LogP contribution in [0.2, 0.25) is 0 Å². The molecule has 0 atom stereocenters. The van der Waals surface area contributed by atoms with E-state index in [1.807, 2.05) is 0 Å². The van der Waals surface area contributed by atoms with Crippen LogP contribution in [0.4, 0.5) is 17.1 Å². The third-order valence-corrected chi connectivity index (χ3v) is 13.9. The Bertz CT molecular complexity index is 3550. The zero-order valence-corrected chi connectivity index (χ0v) is 35.1. The Kier molecular flexibility index (Phi) is 8.20. The molecule has 0 saturated heterocycles. The average Bonchev–Trinajstić information content (AvgIpc) is 3.84. The maximum absolute atomic E-state index is 2.49. The van der Waals surface area contributed by atoms with Crippen LogP contribution in [0.5, 0.6) is 0 Å². The van der Waals surface area contributed by atoms with Crippen molar-refractivity contribution in [3.05, 3.63) is 271 Å². The molecule has 11 aromatic carbocycles. The van der Waals surface area contributed by atoms with Gasteiger partial charge in [0, 0.05) is 17.1 Å². The summed E-state index contributed by atoms with van der Waals surface area (Å²) < 4.78 is 0. The van der Waals surface area contributed by atoms with E-state index in [-0.39, 0.29) is 0 Å². The van der Waals surface area contributed by atoms with Crippen LogP contribution in [-0.2, 0) is 5.41 Å². The van der Waals surface area contributed by atoms with Crippen molar-refractivity contribution in [3.63, 3.8) is 0 Å². The van der Waals surface area contributed by atoms with Crippen LogP contribution in [0, 0.1) is 0 Å². The highest BCUT2D eigenvalue weighted by molar-refractivity contribution is 6.05. The second-order valence-corrected chi connectivity index (χ2v) is 17.2. The van der Waals surface area contributed by atoms with Crippen molar-refractivity contribution in [2.24, 2.45) is 0 Å². The van der Waals surface area contributed by atoms with Crippen LogP contribution in [0.3, 0.4) is 0 Å². The molecule has 0 fully saturated rings. The topological polar surface area (TPSA) is 3.24 Å². The molecule has 298 valence electrons. The van der Waals surface area contributed by atoms with E-state index >= 15 is 0 Å². The zero-order valence-electron chi connectivity index (χ0n) is 35.1. The molecule has 2 aliphatic rings. The number of nitrogens with zero attached hydrogens (tertiary/aromatic N) is 1. The van der Waals surface area contributed by atoms with E-state index in [4.69, 9.17) is 0 Å². The summed E-state index contributed by atoms with van der Waals surface area (Å²) in [6.07, 6.45) is 0. The first-order valence-corrected chi connectivity index (χ1v) is 22.2. The van der Waals surface area contributed by atoms with Crippen molar-refractivity contribution in [2.75, 3.05) is 4.90 Å². The Morgan fingerprint density at radius 3 is 1.48 bits per heavy atom.